The molecule has 2 aromatic carbocycles. The fourth-order valence-corrected chi connectivity index (χ4v) is 2.97. The van der Waals surface area contributed by atoms with Gasteiger partial charge in [-0.3, -0.25) is 9.59 Å². The van der Waals surface area contributed by atoms with Gasteiger partial charge in [-0.15, -0.1) is 0 Å². The van der Waals surface area contributed by atoms with Crippen LogP contribution in [-0.2, 0) is 9.59 Å². The fourth-order valence-electron chi connectivity index (χ4n) is 2.61. The van der Waals surface area contributed by atoms with Crippen LogP contribution >= 0.6 is 23.2 Å². The highest BCUT2D eigenvalue weighted by atomic mass is 35.5. The van der Waals surface area contributed by atoms with Crippen molar-refractivity contribution in [1.29, 1.82) is 0 Å². The molecule has 1 N–H and O–H groups in total. The lowest BCUT2D eigenvalue weighted by Gasteiger charge is -2.17. The molecule has 1 saturated heterocycles. The van der Waals surface area contributed by atoms with Gasteiger partial charge in [-0.2, -0.15) is 0 Å². The van der Waals surface area contributed by atoms with Crippen LogP contribution in [0.2, 0.25) is 10.0 Å². The highest BCUT2D eigenvalue weighted by molar-refractivity contribution is 6.34. The number of carbonyl (C=O) groups excluding carboxylic acids is 2. The second-order valence-electron chi connectivity index (χ2n) is 5.28. The zero-order valence-electron chi connectivity index (χ0n) is 12.1. The highest BCUT2D eigenvalue weighted by Crippen LogP contribution is 2.29. The predicted molar refractivity (Wildman–Crippen MR) is 92.0 cm³/mol. The smallest absolute Gasteiger partial charge is 0.239 e. The summed E-state index contributed by atoms with van der Waals surface area (Å²) in [6, 6.07) is 14.0. The van der Waals surface area contributed by atoms with Crippen molar-refractivity contribution in [2.75, 3.05) is 16.8 Å². The molecule has 0 saturated carbocycles. The number of anilines is 2. The van der Waals surface area contributed by atoms with Crippen LogP contribution in [0.4, 0.5) is 11.4 Å². The Morgan fingerprint density at radius 1 is 1.13 bits per heavy atom. The van der Waals surface area contributed by atoms with Crippen molar-refractivity contribution in [1.82, 2.24) is 0 Å². The van der Waals surface area contributed by atoms with Crippen LogP contribution in [0.15, 0.2) is 48.5 Å². The number of para-hydroxylation sites is 1. The van der Waals surface area contributed by atoms with Crippen molar-refractivity contribution in [3.8, 4) is 0 Å². The lowest BCUT2D eigenvalue weighted by molar-refractivity contribution is -0.129. The molecule has 0 aliphatic carbocycles. The third-order valence-corrected chi connectivity index (χ3v) is 4.34. The van der Waals surface area contributed by atoms with Gasteiger partial charge < -0.3 is 10.2 Å². The summed E-state index contributed by atoms with van der Waals surface area (Å²) in [6.07, 6.45) is 0.460. The summed E-state index contributed by atoms with van der Waals surface area (Å²) in [5.74, 6) is -1.28. The Bertz CT molecular complexity index is 764. The first-order valence-corrected chi connectivity index (χ1v) is 7.94. The molecule has 0 spiro atoms. The van der Waals surface area contributed by atoms with Gasteiger partial charge in [0.25, 0.3) is 0 Å². The fraction of sp³-hybridized carbons (Fsp3) is 0.176. The molecule has 2 amide bonds. The van der Waals surface area contributed by atoms with Crippen LogP contribution in [0.5, 0.6) is 0 Å². The monoisotopic (exact) mass is 348 g/mol. The summed E-state index contributed by atoms with van der Waals surface area (Å²) in [4.78, 5) is 26.5. The molecule has 0 aromatic heterocycles. The van der Waals surface area contributed by atoms with E-state index >= 15 is 0 Å². The van der Waals surface area contributed by atoms with Crippen molar-refractivity contribution < 1.29 is 9.59 Å². The number of amides is 2. The van der Waals surface area contributed by atoms with Crippen LogP contribution in [-0.4, -0.2) is 18.4 Å². The van der Waals surface area contributed by atoms with Gasteiger partial charge in [0.05, 0.1) is 10.7 Å². The molecule has 118 valence electrons. The molecule has 4 nitrogen and oxygen atoms in total. The number of hydrogen-bond acceptors (Lipinski definition) is 2. The Balaban J connectivity index is 1.74. The number of carbonyl (C=O) groups is 2. The molecular weight excluding hydrogens is 335 g/mol. The maximum Gasteiger partial charge on any atom is 0.239 e. The lowest BCUT2D eigenvalue weighted by atomic mass is 10.1. The van der Waals surface area contributed by atoms with Crippen LogP contribution in [0.25, 0.3) is 0 Å². The largest absolute Gasteiger partial charge is 0.324 e. The van der Waals surface area contributed by atoms with Crippen LogP contribution in [0.3, 0.4) is 0 Å². The average molecular weight is 349 g/mol. The van der Waals surface area contributed by atoms with Crippen molar-refractivity contribution >= 4 is 46.4 Å². The van der Waals surface area contributed by atoms with Gasteiger partial charge in [-0.05, 0) is 36.8 Å². The molecule has 1 aliphatic rings. The standard InChI is InChI=1S/C17H14Cl2N2O2/c18-11-4-3-5-12(10-11)21-9-8-13(17(21)23)16(22)20-15-7-2-1-6-14(15)19/h1-7,10,13H,8-9H2,(H,20,22)/t13-/m0/s1. The highest BCUT2D eigenvalue weighted by Gasteiger charge is 2.37. The molecule has 1 aliphatic heterocycles. The molecule has 1 heterocycles. The summed E-state index contributed by atoms with van der Waals surface area (Å²) in [6.45, 7) is 0.486. The van der Waals surface area contributed by atoms with E-state index in [1.807, 2.05) is 0 Å². The summed E-state index contributed by atoms with van der Waals surface area (Å²) in [5.41, 5.74) is 1.21. The minimum atomic E-state index is -0.717. The summed E-state index contributed by atoms with van der Waals surface area (Å²) in [5, 5.41) is 3.72. The predicted octanol–water partition coefficient (Wildman–Crippen LogP) is 3.99. The van der Waals surface area contributed by atoms with Gasteiger partial charge in [0.15, 0.2) is 0 Å². The first-order valence-electron chi connectivity index (χ1n) is 7.18. The Labute approximate surface area is 144 Å². The Hall–Kier alpha value is -2.04. The molecule has 23 heavy (non-hydrogen) atoms. The van der Waals surface area contributed by atoms with Crippen LogP contribution in [0.1, 0.15) is 6.42 Å². The second kappa shape index (κ2) is 6.60. The first-order chi connectivity index (χ1) is 11.1. The zero-order chi connectivity index (χ0) is 16.4. The number of halogens is 2. The summed E-state index contributed by atoms with van der Waals surface area (Å²) >= 11 is 12.0. The third-order valence-electron chi connectivity index (χ3n) is 3.77. The van der Waals surface area contributed by atoms with Crippen LogP contribution < -0.4 is 10.2 Å². The first kappa shape index (κ1) is 15.8. The normalized spacial score (nSPS) is 17.4. The van der Waals surface area contributed by atoms with Gasteiger partial charge in [-0.1, -0.05) is 41.4 Å². The van der Waals surface area contributed by atoms with E-state index in [1.165, 1.54) is 0 Å². The maximum atomic E-state index is 12.5. The molecular formula is C17H14Cl2N2O2. The van der Waals surface area contributed by atoms with Gasteiger partial charge in [-0.25, -0.2) is 0 Å². The number of nitrogens with zero attached hydrogens (tertiary/aromatic N) is 1. The third kappa shape index (κ3) is 3.33. The van der Waals surface area contributed by atoms with E-state index in [1.54, 1.807) is 53.4 Å². The minimum absolute atomic E-state index is 0.225. The summed E-state index contributed by atoms with van der Waals surface area (Å²) < 4.78 is 0. The summed E-state index contributed by atoms with van der Waals surface area (Å²) in [7, 11) is 0. The van der Waals surface area contributed by atoms with E-state index in [9.17, 15) is 9.59 Å². The van der Waals surface area contributed by atoms with Crippen molar-refractivity contribution in [3.63, 3.8) is 0 Å². The van der Waals surface area contributed by atoms with Crippen LogP contribution in [0, 0.1) is 5.92 Å². The Morgan fingerprint density at radius 2 is 1.91 bits per heavy atom. The topological polar surface area (TPSA) is 49.4 Å². The van der Waals surface area contributed by atoms with E-state index in [0.29, 0.717) is 34.4 Å². The Kier molecular flexibility index (Phi) is 4.55. The number of hydrogen-bond donors (Lipinski definition) is 1. The molecule has 2 aromatic rings. The van der Waals surface area contributed by atoms with Gasteiger partial charge >= 0.3 is 0 Å². The van der Waals surface area contributed by atoms with E-state index < -0.39 is 5.92 Å². The van der Waals surface area contributed by atoms with Gasteiger partial charge in [0.1, 0.15) is 5.92 Å². The van der Waals surface area contributed by atoms with Crippen molar-refractivity contribution in [2.45, 2.75) is 6.42 Å². The minimum Gasteiger partial charge on any atom is -0.324 e. The second-order valence-corrected chi connectivity index (χ2v) is 6.12. The Morgan fingerprint density at radius 3 is 2.65 bits per heavy atom. The number of benzene rings is 2. The lowest BCUT2D eigenvalue weighted by Crippen LogP contribution is -2.33. The zero-order valence-corrected chi connectivity index (χ0v) is 13.6. The van der Waals surface area contributed by atoms with E-state index in [0.717, 1.165) is 0 Å². The molecule has 1 fully saturated rings. The molecule has 0 radical (unpaired) electrons. The van der Waals surface area contributed by atoms with Crippen molar-refractivity contribution in [2.24, 2.45) is 5.92 Å². The molecule has 0 bridgehead atoms. The van der Waals surface area contributed by atoms with E-state index in [4.69, 9.17) is 23.2 Å². The van der Waals surface area contributed by atoms with Gasteiger partial charge in [0.2, 0.25) is 11.8 Å². The molecule has 6 heteroatoms. The number of nitrogens with one attached hydrogen (secondary N) is 1. The molecule has 3 rings (SSSR count). The van der Waals surface area contributed by atoms with Crippen molar-refractivity contribution in [3.05, 3.63) is 58.6 Å². The average Bonchev–Trinajstić information content (AvgIpc) is 2.91. The van der Waals surface area contributed by atoms with E-state index in [-0.39, 0.29) is 11.8 Å². The maximum absolute atomic E-state index is 12.5. The van der Waals surface area contributed by atoms with E-state index in [2.05, 4.69) is 5.32 Å². The van der Waals surface area contributed by atoms with Gasteiger partial charge in [0, 0.05) is 17.3 Å². The molecule has 0 unspecified atom stereocenters. The molecule has 1 atom stereocenters. The quantitative estimate of drug-likeness (QED) is 0.852. The SMILES string of the molecule is O=C(Nc1ccccc1Cl)[C@@H]1CCN(c2cccc(Cl)c2)C1=O. The number of rotatable bonds is 3.